The molecule has 2 aromatic heterocycles. The number of rotatable bonds is 5. The minimum Gasteiger partial charge on any atom is -0.381 e. The predicted molar refractivity (Wildman–Crippen MR) is 115 cm³/mol. The summed E-state index contributed by atoms with van der Waals surface area (Å²) in [5.74, 6) is 0.699. The van der Waals surface area contributed by atoms with E-state index in [0.29, 0.717) is 12.0 Å². The van der Waals surface area contributed by atoms with Crippen molar-refractivity contribution in [3.63, 3.8) is 0 Å². The van der Waals surface area contributed by atoms with Gasteiger partial charge in [0.15, 0.2) is 0 Å². The van der Waals surface area contributed by atoms with Gasteiger partial charge >= 0.3 is 0 Å². The fourth-order valence-corrected chi connectivity index (χ4v) is 3.95. The molecule has 3 aromatic rings. The third-order valence-electron chi connectivity index (χ3n) is 5.56. The molecule has 0 amide bonds. The maximum Gasteiger partial charge on any atom is 0.223 e. The van der Waals surface area contributed by atoms with Crippen LogP contribution in [0.3, 0.4) is 0 Å². The Bertz CT molecular complexity index is 1050. The Balaban J connectivity index is 1.25. The molecule has 5 rings (SSSR count). The van der Waals surface area contributed by atoms with Crippen LogP contribution in [0.5, 0.6) is 0 Å². The summed E-state index contributed by atoms with van der Waals surface area (Å²) in [4.78, 5) is 14.8. The van der Waals surface area contributed by atoms with Crippen LogP contribution in [0.1, 0.15) is 24.1 Å². The third-order valence-corrected chi connectivity index (χ3v) is 5.56. The number of ether oxygens (including phenoxy) is 1. The minimum absolute atomic E-state index is 0.390. The van der Waals surface area contributed by atoms with E-state index in [2.05, 4.69) is 62.8 Å². The summed E-state index contributed by atoms with van der Waals surface area (Å²) in [7, 11) is 0. The van der Waals surface area contributed by atoms with Crippen molar-refractivity contribution >= 4 is 22.4 Å². The normalized spacial score (nSPS) is 17.5. The van der Waals surface area contributed by atoms with Gasteiger partial charge in [-0.2, -0.15) is 0 Å². The number of para-hydroxylation sites is 1. The zero-order valence-electron chi connectivity index (χ0n) is 16.3. The van der Waals surface area contributed by atoms with Crippen LogP contribution in [0.25, 0.3) is 16.5 Å². The van der Waals surface area contributed by atoms with Gasteiger partial charge in [-0.15, -0.1) is 0 Å². The second-order valence-corrected chi connectivity index (χ2v) is 7.56. The molecule has 0 atom stereocenters. The molecule has 6 heteroatoms. The molecule has 0 aliphatic carbocycles. The van der Waals surface area contributed by atoms with Gasteiger partial charge in [0.2, 0.25) is 5.95 Å². The van der Waals surface area contributed by atoms with E-state index in [1.54, 1.807) is 0 Å². The Morgan fingerprint density at radius 1 is 1.17 bits per heavy atom. The lowest BCUT2D eigenvalue weighted by molar-refractivity contribution is 0.0903. The molecule has 0 radical (unpaired) electrons. The molecule has 1 fully saturated rings. The summed E-state index contributed by atoms with van der Waals surface area (Å²) in [5, 5.41) is 4.70. The van der Waals surface area contributed by atoms with Crippen LogP contribution in [0.2, 0.25) is 0 Å². The maximum absolute atomic E-state index is 5.42. The smallest absolute Gasteiger partial charge is 0.223 e. The highest BCUT2D eigenvalue weighted by atomic mass is 16.5. The molecular formula is C23H25N5O. The SMILES string of the molecule is C1=CN(Cc2cccc3cc[nH]c23)CC=C1c1ccnc(NC2CCOCC2)n1. The van der Waals surface area contributed by atoms with Gasteiger partial charge in [0.05, 0.1) is 11.2 Å². The summed E-state index contributed by atoms with van der Waals surface area (Å²) in [6, 6.07) is 10.9. The largest absolute Gasteiger partial charge is 0.381 e. The van der Waals surface area contributed by atoms with Crippen LogP contribution in [-0.2, 0) is 11.3 Å². The van der Waals surface area contributed by atoms with E-state index < -0.39 is 0 Å². The van der Waals surface area contributed by atoms with Crippen molar-refractivity contribution in [1.29, 1.82) is 0 Å². The summed E-state index contributed by atoms with van der Waals surface area (Å²) >= 11 is 0. The average molecular weight is 387 g/mol. The van der Waals surface area contributed by atoms with E-state index in [1.165, 1.54) is 16.5 Å². The van der Waals surface area contributed by atoms with Crippen LogP contribution in [0.15, 0.2) is 61.1 Å². The number of H-pyrrole nitrogens is 1. The molecule has 0 unspecified atom stereocenters. The highest BCUT2D eigenvalue weighted by molar-refractivity contribution is 5.82. The molecule has 1 aromatic carbocycles. The van der Waals surface area contributed by atoms with Crippen LogP contribution >= 0.6 is 0 Å². The zero-order chi connectivity index (χ0) is 19.5. The fraction of sp³-hybridized carbons (Fsp3) is 0.304. The molecule has 6 nitrogen and oxygen atoms in total. The Morgan fingerprint density at radius 3 is 2.97 bits per heavy atom. The first-order valence-electron chi connectivity index (χ1n) is 10.2. The average Bonchev–Trinajstić information content (AvgIpc) is 3.25. The zero-order valence-corrected chi connectivity index (χ0v) is 16.3. The number of aromatic nitrogens is 3. The van der Waals surface area contributed by atoms with Gasteiger partial charge in [-0.1, -0.05) is 24.3 Å². The van der Waals surface area contributed by atoms with Gasteiger partial charge in [-0.05, 0) is 47.6 Å². The number of aromatic amines is 1. The van der Waals surface area contributed by atoms with E-state index in [-0.39, 0.29) is 0 Å². The second-order valence-electron chi connectivity index (χ2n) is 7.56. The predicted octanol–water partition coefficient (Wildman–Crippen LogP) is 3.96. The molecule has 1 saturated heterocycles. The lowest BCUT2D eigenvalue weighted by atomic mass is 10.1. The number of nitrogens with zero attached hydrogens (tertiary/aromatic N) is 3. The van der Waals surface area contributed by atoms with Crippen molar-refractivity contribution in [3.05, 3.63) is 72.3 Å². The summed E-state index contributed by atoms with van der Waals surface area (Å²) in [6.45, 7) is 3.34. The lowest BCUT2D eigenvalue weighted by Crippen LogP contribution is -2.28. The van der Waals surface area contributed by atoms with Crippen LogP contribution in [-0.4, -0.2) is 45.7 Å². The topological polar surface area (TPSA) is 66.1 Å². The Hall–Kier alpha value is -3.12. The number of allylic oxidation sites excluding steroid dienone is 2. The van der Waals surface area contributed by atoms with Crippen LogP contribution in [0.4, 0.5) is 5.95 Å². The molecule has 0 spiro atoms. The summed E-state index contributed by atoms with van der Waals surface area (Å²) < 4.78 is 5.42. The first-order valence-corrected chi connectivity index (χ1v) is 10.2. The van der Waals surface area contributed by atoms with Crippen molar-refractivity contribution in [3.8, 4) is 0 Å². The molecular weight excluding hydrogens is 362 g/mol. The van der Waals surface area contributed by atoms with Crippen molar-refractivity contribution < 1.29 is 4.74 Å². The Labute approximate surface area is 170 Å². The number of benzene rings is 1. The molecule has 4 heterocycles. The van der Waals surface area contributed by atoms with Gasteiger partial charge in [0.1, 0.15) is 0 Å². The quantitative estimate of drug-likeness (QED) is 0.694. The first kappa shape index (κ1) is 17.9. The van der Waals surface area contributed by atoms with Crippen molar-refractivity contribution in [2.24, 2.45) is 0 Å². The van der Waals surface area contributed by atoms with E-state index in [0.717, 1.165) is 50.4 Å². The summed E-state index contributed by atoms with van der Waals surface area (Å²) in [6.07, 6.45) is 12.4. The van der Waals surface area contributed by atoms with Crippen molar-refractivity contribution in [2.45, 2.75) is 25.4 Å². The molecule has 2 aliphatic heterocycles. The van der Waals surface area contributed by atoms with Crippen LogP contribution in [0, 0.1) is 0 Å². The molecule has 2 aliphatic rings. The molecule has 0 saturated carbocycles. The van der Waals surface area contributed by atoms with E-state index in [1.807, 2.05) is 18.5 Å². The molecule has 2 N–H and O–H groups in total. The first-order chi connectivity index (χ1) is 14.3. The van der Waals surface area contributed by atoms with E-state index >= 15 is 0 Å². The number of anilines is 1. The molecule has 0 bridgehead atoms. The van der Waals surface area contributed by atoms with Gasteiger partial charge < -0.3 is 19.9 Å². The van der Waals surface area contributed by atoms with E-state index in [9.17, 15) is 0 Å². The summed E-state index contributed by atoms with van der Waals surface area (Å²) in [5.41, 5.74) is 4.61. The van der Waals surface area contributed by atoms with Gasteiger partial charge in [-0.25, -0.2) is 9.97 Å². The van der Waals surface area contributed by atoms with Gasteiger partial charge in [0.25, 0.3) is 0 Å². The molecule has 148 valence electrons. The number of fused-ring (bicyclic) bond motifs is 1. The maximum atomic E-state index is 5.42. The number of nitrogens with one attached hydrogen (secondary N) is 2. The highest BCUT2D eigenvalue weighted by Gasteiger charge is 2.15. The van der Waals surface area contributed by atoms with Crippen LogP contribution < -0.4 is 5.32 Å². The fourth-order valence-electron chi connectivity index (χ4n) is 3.95. The van der Waals surface area contributed by atoms with Gasteiger partial charge in [0, 0.05) is 50.9 Å². The number of hydrogen-bond acceptors (Lipinski definition) is 5. The third kappa shape index (κ3) is 4.03. The number of hydrogen-bond donors (Lipinski definition) is 2. The molecule has 29 heavy (non-hydrogen) atoms. The Kier molecular flexibility index (Phi) is 5.01. The van der Waals surface area contributed by atoms with Crippen molar-refractivity contribution in [1.82, 2.24) is 19.9 Å². The van der Waals surface area contributed by atoms with Gasteiger partial charge in [-0.3, -0.25) is 0 Å². The second kappa shape index (κ2) is 8.09. The Morgan fingerprint density at radius 2 is 2.10 bits per heavy atom. The standard InChI is InChI=1S/C23H25N5O/c1-2-18-4-10-24-22(18)19(3-1)16-28-12-6-17(7-13-28)21-5-11-25-23(27-21)26-20-8-14-29-15-9-20/h1-7,10-12,20,24H,8-9,13-16H2,(H,25,26,27). The van der Waals surface area contributed by atoms with E-state index in [4.69, 9.17) is 9.72 Å². The lowest BCUT2D eigenvalue weighted by Gasteiger charge is -2.24. The monoisotopic (exact) mass is 387 g/mol. The minimum atomic E-state index is 0.390. The van der Waals surface area contributed by atoms with Crippen molar-refractivity contribution in [2.75, 3.05) is 25.1 Å². The highest BCUT2D eigenvalue weighted by Crippen LogP contribution is 2.23.